The molecule has 1 aromatic carbocycles. The van der Waals surface area contributed by atoms with E-state index in [-0.39, 0.29) is 23.3 Å². The van der Waals surface area contributed by atoms with Crippen LogP contribution in [0.4, 0.5) is 11.5 Å². The lowest BCUT2D eigenvalue weighted by Gasteiger charge is -2.14. The summed E-state index contributed by atoms with van der Waals surface area (Å²) in [6.45, 7) is 6.05. The number of benzene rings is 1. The normalized spacial score (nSPS) is 10.7. The Hall–Kier alpha value is -2.63. The lowest BCUT2D eigenvalue weighted by Crippen LogP contribution is -1.99. The van der Waals surface area contributed by atoms with Crippen LogP contribution in [-0.4, -0.2) is 9.91 Å². The van der Waals surface area contributed by atoms with Crippen LogP contribution in [0, 0.1) is 17.0 Å². The van der Waals surface area contributed by atoms with Crippen molar-refractivity contribution >= 4 is 11.5 Å². The first-order valence-electron chi connectivity index (χ1n) is 6.57. The van der Waals surface area contributed by atoms with Crippen LogP contribution < -0.4 is 10.5 Å². The van der Waals surface area contributed by atoms with Gasteiger partial charge in [-0.05, 0) is 30.0 Å². The van der Waals surface area contributed by atoms with Gasteiger partial charge in [0.05, 0.1) is 17.1 Å². The predicted molar refractivity (Wildman–Crippen MR) is 80.6 cm³/mol. The van der Waals surface area contributed by atoms with Crippen LogP contribution in [0.15, 0.2) is 30.3 Å². The van der Waals surface area contributed by atoms with Gasteiger partial charge >= 0.3 is 0 Å². The van der Waals surface area contributed by atoms with Gasteiger partial charge in [0.25, 0.3) is 5.69 Å². The highest BCUT2D eigenvalue weighted by Gasteiger charge is 2.14. The standard InChI is InChI=1S/C15H17N3O3/c1-9(2)12-5-4-10(3)6-13(12)21-15-8-11(18(19)20)7-14(16)17-15/h4-9H,1-3H3,(H2,16,17). The van der Waals surface area contributed by atoms with Crippen molar-refractivity contribution in [2.24, 2.45) is 0 Å². The van der Waals surface area contributed by atoms with Gasteiger partial charge in [-0.2, -0.15) is 4.98 Å². The molecule has 0 atom stereocenters. The number of anilines is 1. The Morgan fingerprint density at radius 3 is 2.62 bits per heavy atom. The lowest BCUT2D eigenvalue weighted by molar-refractivity contribution is -0.384. The van der Waals surface area contributed by atoms with E-state index in [0.717, 1.165) is 11.1 Å². The van der Waals surface area contributed by atoms with E-state index < -0.39 is 4.92 Å². The van der Waals surface area contributed by atoms with Gasteiger partial charge < -0.3 is 10.5 Å². The number of nitrogen functional groups attached to an aromatic ring is 1. The third-order valence-electron chi connectivity index (χ3n) is 3.02. The zero-order valence-corrected chi connectivity index (χ0v) is 12.2. The van der Waals surface area contributed by atoms with Gasteiger partial charge in [-0.1, -0.05) is 26.0 Å². The fourth-order valence-corrected chi connectivity index (χ4v) is 1.99. The summed E-state index contributed by atoms with van der Waals surface area (Å²) in [6, 6.07) is 8.33. The van der Waals surface area contributed by atoms with E-state index in [2.05, 4.69) is 4.98 Å². The molecule has 21 heavy (non-hydrogen) atoms. The quantitative estimate of drug-likeness (QED) is 0.682. The van der Waals surface area contributed by atoms with Crippen molar-refractivity contribution in [2.75, 3.05) is 5.73 Å². The van der Waals surface area contributed by atoms with Gasteiger partial charge in [-0.3, -0.25) is 10.1 Å². The Morgan fingerprint density at radius 1 is 1.29 bits per heavy atom. The summed E-state index contributed by atoms with van der Waals surface area (Å²) in [5.74, 6) is 1.07. The zero-order chi connectivity index (χ0) is 15.6. The molecule has 1 aromatic heterocycles. The molecule has 0 amide bonds. The second kappa shape index (κ2) is 5.78. The summed E-state index contributed by atoms with van der Waals surface area (Å²) >= 11 is 0. The molecule has 0 aliphatic carbocycles. The van der Waals surface area contributed by atoms with Gasteiger partial charge in [0.15, 0.2) is 0 Å². The highest BCUT2D eigenvalue weighted by molar-refractivity contribution is 5.47. The summed E-state index contributed by atoms with van der Waals surface area (Å²) in [5, 5.41) is 10.9. The Balaban J connectivity index is 2.42. The summed E-state index contributed by atoms with van der Waals surface area (Å²) in [7, 11) is 0. The molecule has 0 radical (unpaired) electrons. The minimum Gasteiger partial charge on any atom is -0.438 e. The van der Waals surface area contributed by atoms with E-state index in [1.54, 1.807) is 0 Å². The number of rotatable bonds is 4. The third kappa shape index (κ3) is 3.47. The minimum atomic E-state index is -0.523. The van der Waals surface area contributed by atoms with Crippen LogP contribution in [0.1, 0.15) is 30.9 Å². The monoisotopic (exact) mass is 287 g/mol. The molecule has 0 spiro atoms. The molecule has 0 saturated carbocycles. The second-order valence-electron chi connectivity index (χ2n) is 5.14. The van der Waals surface area contributed by atoms with Crippen LogP contribution in [-0.2, 0) is 0 Å². The number of aromatic nitrogens is 1. The maximum absolute atomic E-state index is 10.9. The molecule has 1 heterocycles. The van der Waals surface area contributed by atoms with Crippen LogP contribution in [0.2, 0.25) is 0 Å². The maximum Gasteiger partial charge on any atom is 0.278 e. The molecule has 0 fully saturated rings. The summed E-state index contributed by atoms with van der Waals surface area (Å²) < 4.78 is 5.73. The van der Waals surface area contributed by atoms with Crippen molar-refractivity contribution in [3.8, 4) is 11.6 Å². The molecular formula is C15H17N3O3. The molecule has 0 bridgehead atoms. The van der Waals surface area contributed by atoms with Crippen LogP contribution in [0.25, 0.3) is 0 Å². The van der Waals surface area contributed by atoms with Crippen molar-refractivity contribution < 1.29 is 9.66 Å². The maximum atomic E-state index is 10.9. The number of hydrogen-bond acceptors (Lipinski definition) is 5. The largest absolute Gasteiger partial charge is 0.438 e. The predicted octanol–water partition coefficient (Wildman–Crippen LogP) is 3.80. The smallest absolute Gasteiger partial charge is 0.278 e. The first-order chi connectivity index (χ1) is 9.86. The van der Waals surface area contributed by atoms with Gasteiger partial charge in [0, 0.05) is 0 Å². The molecule has 0 aliphatic heterocycles. The highest BCUT2D eigenvalue weighted by atomic mass is 16.6. The number of nitrogens with two attached hydrogens (primary N) is 1. The molecule has 6 nitrogen and oxygen atoms in total. The van der Waals surface area contributed by atoms with Crippen LogP contribution in [0.5, 0.6) is 11.6 Å². The van der Waals surface area contributed by atoms with Crippen LogP contribution in [0.3, 0.4) is 0 Å². The molecule has 0 unspecified atom stereocenters. The van der Waals surface area contributed by atoms with E-state index in [1.165, 1.54) is 12.1 Å². The van der Waals surface area contributed by atoms with Gasteiger partial charge in [0.2, 0.25) is 5.88 Å². The number of aryl methyl sites for hydroxylation is 1. The lowest BCUT2D eigenvalue weighted by atomic mass is 10.0. The SMILES string of the molecule is Cc1ccc(C(C)C)c(Oc2cc([N+](=O)[O-])cc(N)n2)c1. The molecule has 2 aromatic rings. The fraction of sp³-hybridized carbons (Fsp3) is 0.267. The fourth-order valence-electron chi connectivity index (χ4n) is 1.99. The summed E-state index contributed by atoms with van der Waals surface area (Å²) in [5.41, 5.74) is 7.48. The van der Waals surface area contributed by atoms with Crippen LogP contribution >= 0.6 is 0 Å². The Bertz CT molecular complexity index is 684. The van der Waals surface area contributed by atoms with Gasteiger partial charge in [0.1, 0.15) is 11.6 Å². The Morgan fingerprint density at radius 2 is 2.00 bits per heavy atom. The average Bonchev–Trinajstić information content (AvgIpc) is 2.37. The Labute approximate surface area is 122 Å². The number of nitro groups is 1. The molecule has 6 heteroatoms. The van der Waals surface area contributed by atoms with Gasteiger partial charge in [-0.15, -0.1) is 0 Å². The minimum absolute atomic E-state index is 0.0537. The first kappa shape index (κ1) is 14.8. The van der Waals surface area contributed by atoms with Gasteiger partial charge in [-0.25, -0.2) is 0 Å². The molecular weight excluding hydrogens is 270 g/mol. The van der Waals surface area contributed by atoms with E-state index in [9.17, 15) is 10.1 Å². The number of ether oxygens (including phenoxy) is 1. The summed E-state index contributed by atoms with van der Waals surface area (Å²) in [6.07, 6.45) is 0. The first-order valence-corrected chi connectivity index (χ1v) is 6.57. The highest BCUT2D eigenvalue weighted by Crippen LogP contribution is 2.32. The molecule has 0 aliphatic rings. The topological polar surface area (TPSA) is 91.3 Å². The molecule has 110 valence electrons. The van der Waals surface area contributed by atoms with Crippen molar-refractivity contribution in [1.82, 2.24) is 4.98 Å². The van der Waals surface area contributed by atoms with E-state index in [0.29, 0.717) is 5.75 Å². The number of hydrogen-bond donors (Lipinski definition) is 1. The van der Waals surface area contributed by atoms with Crippen molar-refractivity contribution in [3.05, 3.63) is 51.6 Å². The zero-order valence-electron chi connectivity index (χ0n) is 12.2. The average molecular weight is 287 g/mol. The number of pyridine rings is 1. The van der Waals surface area contributed by atoms with Crippen molar-refractivity contribution in [3.63, 3.8) is 0 Å². The van der Waals surface area contributed by atoms with E-state index in [4.69, 9.17) is 10.5 Å². The molecule has 0 saturated heterocycles. The number of nitrogens with zero attached hydrogens (tertiary/aromatic N) is 2. The third-order valence-corrected chi connectivity index (χ3v) is 3.02. The van der Waals surface area contributed by atoms with Crippen molar-refractivity contribution in [2.45, 2.75) is 26.7 Å². The summed E-state index contributed by atoms with van der Waals surface area (Å²) in [4.78, 5) is 14.3. The molecule has 2 rings (SSSR count). The molecule has 2 N–H and O–H groups in total. The second-order valence-corrected chi connectivity index (χ2v) is 5.14. The van der Waals surface area contributed by atoms with E-state index >= 15 is 0 Å². The van der Waals surface area contributed by atoms with Crippen molar-refractivity contribution in [1.29, 1.82) is 0 Å². The Kier molecular flexibility index (Phi) is 4.07. The van der Waals surface area contributed by atoms with E-state index in [1.807, 2.05) is 39.0 Å².